The molecule has 1 aromatic carbocycles. The lowest BCUT2D eigenvalue weighted by Gasteiger charge is -2.16. The maximum atomic E-state index is 13.7. The Morgan fingerprint density at radius 1 is 1.29 bits per heavy atom. The number of benzene rings is 1. The van der Waals surface area contributed by atoms with Crippen molar-refractivity contribution >= 4 is 22.5 Å². The van der Waals surface area contributed by atoms with Gasteiger partial charge in [-0.2, -0.15) is 0 Å². The minimum absolute atomic E-state index is 0.0552. The second-order valence-corrected chi connectivity index (χ2v) is 6.92. The molecule has 6 heteroatoms. The number of halogens is 1. The van der Waals surface area contributed by atoms with E-state index in [-0.39, 0.29) is 17.0 Å². The molecule has 1 rings (SSSR count). The summed E-state index contributed by atoms with van der Waals surface area (Å²) in [6.07, 6.45) is 3.34. The Hall–Kier alpha value is -1.43. The molecule has 2 amide bonds. The van der Waals surface area contributed by atoms with Crippen molar-refractivity contribution in [3.8, 4) is 0 Å². The lowest BCUT2D eigenvalue weighted by Crippen LogP contribution is -2.36. The number of urea groups is 1. The molecule has 0 aliphatic heterocycles. The lowest BCUT2D eigenvalue weighted by atomic mass is 10.0. The summed E-state index contributed by atoms with van der Waals surface area (Å²) in [7, 11) is -1.38. The van der Waals surface area contributed by atoms with Crippen molar-refractivity contribution in [3.63, 3.8) is 0 Å². The van der Waals surface area contributed by atoms with E-state index < -0.39 is 16.6 Å². The molecule has 21 heavy (non-hydrogen) atoms. The van der Waals surface area contributed by atoms with Gasteiger partial charge in [0.2, 0.25) is 0 Å². The van der Waals surface area contributed by atoms with E-state index in [0.29, 0.717) is 11.6 Å². The van der Waals surface area contributed by atoms with Crippen LogP contribution < -0.4 is 10.6 Å². The van der Waals surface area contributed by atoms with E-state index in [0.717, 1.165) is 12.8 Å². The molecule has 0 aliphatic carbocycles. The zero-order valence-electron chi connectivity index (χ0n) is 12.9. The van der Waals surface area contributed by atoms with E-state index in [1.807, 2.05) is 6.92 Å². The van der Waals surface area contributed by atoms with Crippen molar-refractivity contribution < 1.29 is 13.4 Å². The molecule has 0 unspecified atom stereocenters. The van der Waals surface area contributed by atoms with E-state index in [2.05, 4.69) is 24.5 Å². The molecule has 118 valence electrons. The first-order valence-electron chi connectivity index (χ1n) is 7.00. The van der Waals surface area contributed by atoms with Gasteiger partial charge in [-0.05, 0) is 43.9 Å². The van der Waals surface area contributed by atoms with E-state index in [9.17, 15) is 13.4 Å². The molecule has 2 N–H and O–H groups in total. The van der Waals surface area contributed by atoms with E-state index in [1.54, 1.807) is 0 Å². The Balaban J connectivity index is 2.55. The summed E-state index contributed by atoms with van der Waals surface area (Å²) in [6, 6.07) is 3.83. The molecular weight excluding hydrogens is 291 g/mol. The number of hydrogen-bond donors (Lipinski definition) is 2. The first-order chi connectivity index (χ1) is 9.79. The van der Waals surface area contributed by atoms with Gasteiger partial charge in [-0.15, -0.1) is 0 Å². The van der Waals surface area contributed by atoms with Crippen molar-refractivity contribution in [2.75, 3.05) is 11.6 Å². The zero-order valence-corrected chi connectivity index (χ0v) is 13.7. The summed E-state index contributed by atoms with van der Waals surface area (Å²) in [5.74, 6) is 0.00959. The maximum absolute atomic E-state index is 13.7. The van der Waals surface area contributed by atoms with Gasteiger partial charge in [0, 0.05) is 18.0 Å². The Kier molecular flexibility index (Phi) is 6.81. The van der Waals surface area contributed by atoms with Crippen LogP contribution in [0.15, 0.2) is 23.1 Å². The van der Waals surface area contributed by atoms with Crippen LogP contribution in [0.1, 0.15) is 33.6 Å². The number of rotatable bonds is 6. The summed E-state index contributed by atoms with van der Waals surface area (Å²) < 4.78 is 24.9. The third-order valence-electron chi connectivity index (χ3n) is 3.05. The van der Waals surface area contributed by atoms with Crippen LogP contribution >= 0.6 is 0 Å². The third kappa shape index (κ3) is 6.25. The van der Waals surface area contributed by atoms with Crippen LogP contribution in [-0.4, -0.2) is 22.5 Å². The Bertz CT molecular complexity index is 520. The fourth-order valence-electron chi connectivity index (χ4n) is 1.86. The van der Waals surface area contributed by atoms with Crippen LogP contribution in [0.3, 0.4) is 0 Å². The Morgan fingerprint density at radius 3 is 2.48 bits per heavy atom. The fourth-order valence-corrected chi connectivity index (χ4v) is 2.45. The second-order valence-electron chi connectivity index (χ2n) is 5.57. The van der Waals surface area contributed by atoms with Gasteiger partial charge in [0.15, 0.2) is 0 Å². The maximum Gasteiger partial charge on any atom is 0.319 e. The van der Waals surface area contributed by atoms with Crippen molar-refractivity contribution in [1.29, 1.82) is 0 Å². The van der Waals surface area contributed by atoms with Gasteiger partial charge in [0.05, 0.1) is 15.7 Å². The number of carbonyl (C=O) groups excluding carboxylic acids is 1. The number of anilines is 1. The van der Waals surface area contributed by atoms with Gasteiger partial charge in [-0.3, -0.25) is 4.21 Å². The van der Waals surface area contributed by atoms with Crippen molar-refractivity contribution in [1.82, 2.24) is 5.32 Å². The number of nitrogens with one attached hydrogen (secondary N) is 2. The minimum Gasteiger partial charge on any atom is -0.335 e. The standard InChI is InChI=1S/C15H23FN2O2S/c1-10(2)5-6-11(3)17-15(19)18-12-7-8-14(21(4)20)13(16)9-12/h7-11H,5-6H2,1-4H3,(H2,17,18,19)/t11-,21-/m0/s1. The van der Waals surface area contributed by atoms with Crippen LogP contribution in [-0.2, 0) is 10.8 Å². The highest BCUT2D eigenvalue weighted by atomic mass is 32.2. The third-order valence-corrected chi connectivity index (χ3v) is 4.00. The van der Waals surface area contributed by atoms with Crippen LogP contribution in [0.2, 0.25) is 0 Å². The molecule has 0 saturated heterocycles. The van der Waals surface area contributed by atoms with Crippen LogP contribution in [0.4, 0.5) is 14.9 Å². The molecule has 0 saturated carbocycles. The molecule has 4 nitrogen and oxygen atoms in total. The average Bonchev–Trinajstić information content (AvgIpc) is 2.35. The monoisotopic (exact) mass is 314 g/mol. The zero-order chi connectivity index (χ0) is 16.0. The summed E-state index contributed by atoms with van der Waals surface area (Å²) in [6.45, 7) is 6.20. The van der Waals surface area contributed by atoms with Crippen LogP contribution in [0, 0.1) is 11.7 Å². The normalized spacial score (nSPS) is 13.8. The number of hydrogen-bond acceptors (Lipinski definition) is 2. The van der Waals surface area contributed by atoms with Crippen molar-refractivity contribution in [3.05, 3.63) is 24.0 Å². The summed E-state index contributed by atoms with van der Waals surface area (Å²) in [5.41, 5.74) is 0.343. The predicted molar refractivity (Wildman–Crippen MR) is 84.4 cm³/mol. The number of amides is 2. The average molecular weight is 314 g/mol. The van der Waals surface area contributed by atoms with Gasteiger partial charge < -0.3 is 10.6 Å². The highest BCUT2D eigenvalue weighted by molar-refractivity contribution is 7.84. The van der Waals surface area contributed by atoms with E-state index in [4.69, 9.17) is 0 Å². The fraction of sp³-hybridized carbons (Fsp3) is 0.533. The summed E-state index contributed by atoms with van der Waals surface area (Å²) in [4.78, 5) is 11.9. The first kappa shape index (κ1) is 17.6. The van der Waals surface area contributed by atoms with Crippen LogP contribution in [0.5, 0.6) is 0 Å². The van der Waals surface area contributed by atoms with Gasteiger partial charge in [-0.25, -0.2) is 9.18 Å². The molecular formula is C15H23FN2O2S. The van der Waals surface area contributed by atoms with E-state index in [1.165, 1.54) is 24.5 Å². The topological polar surface area (TPSA) is 58.2 Å². The molecule has 0 heterocycles. The molecule has 0 aliphatic rings. The smallest absolute Gasteiger partial charge is 0.319 e. The van der Waals surface area contributed by atoms with Gasteiger partial charge in [0.1, 0.15) is 5.82 Å². The summed E-state index contributed by atoms with van der Waals surface area (Å²) >= 11 is 0. The number of carbonyl (C=O) groups is 1. The van der Waals surface area contributed by atoms with Crippen molar-refractivity contribution in [2.24, 2.45) is 5.92 Å². The molecule has 0 radical (unpaired) electrons. The highest BCUT2D eigenvalue weighted by Crippen LogP contribution is 2.17. The molecule has 0 bridgehead atoms. The molecule has 1 aromatic rings. The van der Waals surface area contributed by atoms with Gasteiger partial charge >= 0.3 is 6.03 Å². The largest absolute Gasteiger partial charge is 0.335 e. The quantitative estimate of drug-likeness (QED) is 0.844. The summed E-state index contributed by atoms with van der Waals surface area (Å²) in [5, 5.41) is 5.39. The Labute approximate surface area is 128 Å². The van der Waals surface area contributed by atoms with Gasteiger partial charge in [-0.1, -0.05) is 13.8 Å². The SMILES string of the molecule is CC(C)CC[C@H](C)NC(=O)Nc1ccc([S@](C)=O)c(F)c1. The molecule has 0 spiro atoms. The molecule has 0 aromatic heterocycles. The van der Waals surface area contributed by atoms with Crippen molar-refractivity contribution in [2.45, 2.75) is 44.6 Å². The molecule has 2 atom stereocenters. The Morgan fingerprint density at radius 2 is 1.95 bits per heavy atom. The van der Waals surface area contributed by atoms with E-state index >= 15 is 0 Å². The lowest BCUT2D eigenvalue weighted by molar-refractivity contribution is 0.248. The van der Waals surface area contributed by atoms with Crippen LogP contribution in [0.25, 0.3) is 0 Å². The second kappa shape index (κ2) is 8.12. The first-order valence-corrected chi connectivity index (χ1v) is 8.56. The van der Waals surface area contributed by atoms with Gasteiger partial charge in [0.25, 0.3) is 0 Å². The molecule has 0 fully saturated rings. The highest BCUT2D eigenvalue weighted by Gasteiger charge is 2.11. The minimum atomic E-state index is -1.38. The predicted octanol–water partition coefficient (Wildman–Crippen LogP) is 3.51.